The van der Waals surface area contributed by atoms with Gasteiger partial charge in [-0.25, -0.2) is 0 Å². The van der Waals surface area contributed by atoms with Gasteiger partial charge in [0.2, 0.25) is 0 Å². The number of hydrogen-bond acceptors (Lipinski definition) is 0. The Morgan fingerprint density at radius 1 is 0.250 bits per heavy atom. The maximum Gasteiger partial charge on any atom is -0.00264 e. The van der Waals surface area contributed by atoms with Crippen molar-refractivity contribution in [3.63, 3.8) is 0 Å². The molecule has 0 aromatic heterocycles. The summed E-state index contributed by atoms with van der Waals surface area (Å²) < 4.78 is 0. The molecular weight excluding hydrogens is 528 g/mol. The Morgan fingerprint density at radius 3 is 1.30 bits per heavy atom. The zero-order valence-electron chi connectivity index (χ0n) is 24.2. The molecule has 204 valence electrons. The van der Waals surface area contributed by atoms with Gasteiger partial charge in [-0.15, -0.1) is 0 Å². The molecule has 44 heavy (non-hydrogen) atoms. The molecule has 0 saturated heterocycles. The van der Waals surface area contributed by atoms with E-state index in [0.29, 0.717) is 0 Å². The third-order valence-corrected chi connectivity index (χ3v) is 9.23. The highest BCUT2D eigenvalue weighted by molar-refractivity contribution is 6.24. The second-order valence-corrected chi connectivity index (χ2v) is 11.6. The van der Waals surface area contributed by atoms with E-state index in [4.69, 9.17) is 0 Å². The van der Waals surface area contributed by atoms with Gasteiger partial charge in [-0.1, -0.05) is 164 Å². The molecule has 9 aromatic carbocycles. The van der Waals surface area contributed by atoms with Crippen molar-refractivity contribution in [2.24, 2.45) is 0 Å². The second kappa shape index (κ2) is 9.93. The van der Waals surface area contributed by atoms with Crippen molar-refractivity contribution in [3.05, 3.63) is 170 Å². The summed E-state index contributed by atoms with van der Waals surface area (Å²) in [5.74, 6) is 0. The van der Waals surface area contributed by atoms with Gasteiger partial charge in [0.15, 0.2) is 0 Å². The van der Waals surface area contributed by atoms with Crippen LogP contribution in [0.15, 0.2) is 170 Å². The summed E-state index contributed by atoms with van der Waals surface area (Å²) >= 11 is 0. The summed E-state index contributed by atoms with van der Waals surface area (Å²) in [5.41, 5.74) is 7.57. The molecule has 0 radical (unpaired) electrons. The summed E-state index contributed by atoms with van der Waals surface area (Å²) in [6.07, 6.45) is 0. The van der Waals surface area contributed by atoms with E-state index in [0.717, 1.165) is 0 Å². The van der Waals surface area contributed by atoms with Crippen LogP contribution in [0.5, 0.6) is 0 Å². The Hall–Kier alpha value is -5.72. The molecule has 0 aliphatic carbocycles. The van der Waals surface area contributed by atoms with Gasteiger partial charge in [-0.3, -0.25) is 0 Å². The van der Waals surface area contributed by atoms with Crippen LogP contribution in [-0.4, -0.2) is 0 Å². The third kappa shape index (κ3) is 3.78. The minimum absolute atomic E-state index is 1.23. The first-order chi connectivity index (χ1) is 21.8. The van der Waals surface area contributed by atoms with E-state index in [-0.39, 0.29) is 0 Å². The van der Waals surface area contributed by atoms with Crippen molar-refractivity contribution < 1.29 is 0 Å². The van der Waals surface area contributed by atoms with Gasteiger partial charge in [0.1, 0.15) is 0 Å². The average Bonchev–Trinajstić information content (AvgIpc) is 3.10. The Morgan fingerprint density at radius 2 is 0.682 bits per heavy atom. The van der Waals surface area contributed by atoms with Crippen molar-refractivity contribution in [1.82, 2.24) is 0 Å². The third-order valence-electron chi connectivity index (χ3n) is 9.23. The van der Waals surface area contributed by atoms with E-state index in [9.17, 15) is 0 Å². The molecule has 0 bridgehead atoms. The van der Waals surface area contributed by atoms with E-state index in [1.54, 1.807) is 0 Å². The van der Waals surface area contributed by atoms with E-state index < -0.39 is 0 Å². The quantitative estimate of drug-likeness (QED) is 0.150. The molecule has 9 aromatic rings. The van der Waals surface area contributed by atoms with Crippen LogP contribution < -0.4 is 0 Å². The van der Waals surface area contributed by atoms with Crippen molar-refractivity contribution in [1.29, 1.82) is 0 Å². The molecule has 0 heterocycles. The summed E-state index contributed by atoms with van der Waals surface area (Å²) in [4.78, 5) is 0. The fourth-order valence-electron chi connectivity index (χ4n) is 7.29. The first-order valence-corrected chi connectivity index (χ1v) is 15.3. The van der Waals surface area contributed by atoms with Gasteiger partial charge in [-0.05, 0) is 93.3 Å². The predicted molar refractivity (Wildman–Crippen MR) is 190 cm³/mol. The summed E-state index contributed by atoms with van der Waals surface area (Å²) in [5, 5.41) is 12.9. The van der Waals surface area contributed by atoms with Crippen LogP contribution in [0.2, 0.25) is 0 Å². The molecule has 0 saturated carbocycles. The Balaban J connectivity index is 1.26. The first kappa shape index (κ1) is 24.8. The average molecular weight is 557 g/mol. The molecule has 0 spiro atoms. The minimum Gasteiger partial charge on any atom is -0.0622 e. The smallest absolute Gasteiger partial charge is 0.00264 e. The fourth-order valence-corrected chi connectivity index (χ4v) is 7.29. The van der Waals surface area contributed by atoms with E-state index in [1.165, 1.54) is 87.2 Å². The molecule has 0 aliphatic rings. The van der Waals surface area contributed by atoms with Crippen LogP contribution >= 0.6 is 0 Å². The van der Waals surface area contributed by atoms with E-state index in [2.05, 4.69) is 170 Å². The molecule has 0 aliphatic heterocycles. The number of benzene rings is 9. The molecule has 0 N–H and O–H groups in total. The van der Waals surface area contributed by atoms with Gasteiger partial charge < -0.3 is 0 Å². The monoisotopic (exact) mass is 556 g/mol. The molecule has 0 amide bonds. The fraction of sp³-hybridized carbons (Fsp3) is 0. The zero-order valence-corrected chi connectivity index (χ0v) is 24.2. The van der Waals surface area contributed by atoms with Gasteiger partial charge in [0.05, 0.1) is 0 Å². The lowest BCUT2D eigenvalue weighted by Crippen LogP contribution is -1.91. The number of rotatable bonds is 3. The molecular formula is C44H28. The second-order valence-electron chi connectivity index (χ2n) is 11.6. The van der Waals surface area contributed by atoms with Gasteiger partial charge in [0, 0.05) is 0 Å². The number of fused-ring (bicyclic) bond motifs is 7. The lowest BCUT2D eigenvalue weighted by atomic mass is 9.85. The van der Waals surface area contributed by atoms with Crippen LogP contribution in [0, 0.1) is 0 Å². The minimum atomic E-state index is 1.23. The highest BCUT2D eigenvalue weighted by atomic mass is 14.2. The Kier molecular flexibility index (Phi) is 5.61. The summed E-state index contributed by atoms with van der Waals surface area (Å²) in [6.45, 7) is 0. The highest BCUT2D eigenvalue weighted by Gasteiger charge is 2.17. The van der Waals surface area contributed by atoms with Crippen LogP contribution in [0.4, 0.5) is 0 Å². The van der Waals surface area contributed by atoms with Gasteiger partial charge in [0.25, 0.3) is 0 Å². The van der Waals surface area contributed by atoms with Crippen molar-refractivity contribution in [2.75, 3.05) is 0 Å². The Labute approximate surface area is 256 Å². The lowest BCUT2D eigenvalue weighted by Gasteiger charge is -2.18. The standard InChI is InChI=1S/C44H28/c1-2-13-31(14-3-1)42-37-18-8-10-20-39(37)43(40-21-11-9-19-38(40)42)32-25-22-30(23-26-32)41-28-33-27-24-29-12-4-5-15-34(29)44(33)36-17-7-6-16-35(36)41/h1-28H. The zero-order chi connectivity index (χ0) is 29.0. The topological polar surface area (TPSA) is 0 Å². The molecule has 0 heteroatoms. The predicted octanol–water partition coefficient (Wildman–Crippen LogP) is 12.5. The van der Waals surface area contributed by atoms with Crippen LogP contribution in [-0.2, 0) is 0 Å². The first-order valence-electron chi connectivity index (χ1n) is 15.3. The maximum absolute atomic E-state index is 2.37. The molecule has 0 atom stereocenters. The van der Waals surface area contributed by atoms with Crippen LogP contribution in [0.3, 0.4) is 0 Å². The Bertz CT molecular complexity index is 2460. The normalized spacial score (nSPS) is 11.6. The van der Waals surface area contributed by atoms with Gasteiger partial charge >= 0.3 is 0 Å². The van der Waals surface area contributed by atoms with Gasteiger partial charge in [-0.2, -0.15) is 0 Å². The van der Waals surface area contributed by atoms with Crippen LogP contribution in [0.25, 0.3) is 87.2 Å². The molecule has 9 rings (SSSR count). The van der Waals surface area contributed by atoms with Crippen molar-refractivity contribution in [2.45, 2.75) is 0 Å². The molecule has 0 nitrogen and oxygen atoms in total. The summed E-state index contributed by atoms with van der Waals surface area (Å²) in [6, 6.07) is 62.2. The molecule has 0 unspecified atom stereocenters. The SMILES string of the molecule is c1ccc(-c2c3ccccc3c(-c3ccc(-c4cc5ccc6ccccc6c5c5ccccc45)cc3)c3ccccc23)cc1. The van der Waals surface area contributed by atoms with Crippen molar-refractivity contribution in [3.8, 4) is 33.4 Å². The lowest BCUT2D eigenvalue weighted by molar-refractivity contribution is 1.64. The summed E-state index contributed by atoms with van der Waals surface area (Å²) in [7, 11) is 0. The van der Waals surface area contributed by atoms with E-state index >= 15 is 0 Å². The molecule has 0 fully saturated rings. The highest BCUT2D eigenvalue weighted by Crippen LogP contribution is 2.44. The van der Waals surface area contributed by atoms with E-state index in [1.807, 2.05) is 0 Å². The number of hydrogen-bond donors (Lipinski definition) is 0. The van der Waals surface area contributed by atoms with Crippen LogP contribution in [0.1, 0.15) is 0 Å². The van der Waals surface area contributed by atoms with Crippen molar-refractivity contribution >= 4 is 53.9 Å². The largest absolute Gasteiger partial charge is 0.0622 e. The maximum atomic E-state index is 2.37.